The van der Waals surface area contributed by atoms with Crippen LogP contribution in [0.15, 0.2) is 83.8 Å². The molecule has 23 heteroatoms. The maximum atomic E-state index is 15.1. The van der Waals surface area contributed by atoms with Gasteiger partial charge in [0.2, 0.25) is 35.4 Å². The Balaban J connectivity index is 0.890. The first-order chi connectivity index (χ1) is 38.5. The second kappa shape index (κ2) is 24.2. The molecular weight excluding hydrogens is 1060 g/mol. The number of hydrogen-bond acceptors (Lipinski definition) is 10. The molecule has 9 N–H and O–H groups in total. The highest BCUT2D eigenvalue weighted by Gasteiger charge is 2.47. The van der Waals surface area contributed by atoms with E-state index in [9.17, 15) is 52.7 Å². The molecule has 5 aromatic rings. The van der Waals surface area contributed by atoms with Gasteiger partial charge in [-0.3, -0.25) is 52.1 Å². The van der Waals surface area contributed by atoms with Gasteiger partial charge in [-0.05, 0) is 142 Å². The second-order valence-electron chi connectivity index (χ2n) is 22.5. The van der Waals surface area contributed by atoms with Crippen LogP contribution in [-0.4, -0.2) is 118 Å². The number of nitrogens with zero attached hydrogens (tertiary/aromatic N) is 4. The summed E-state index contributed by atoms with van der Waals surface area (Å²) >= 11 is 0. The Morgan fingerprint density at radius 2 is 1.59 bits per heavy atom. The van der Waals surface area contributed by atoms with Gasteiger partial charge in [0, 0.05) is 67.2 Å². The lowest BCUT2D eigenvalue weighted by Crippen LogP contribution is -2.62. The van der Waals surface area contributed by atoms with Crippen LogP contribution >= 0.6 is 7.60 Å². The van der Waals surface area contributed by atoms with Crippen LogP contribution in [0.1, 0.15) is 140 Å². The van der Waals surface area contributed by atoms with Crippen molar-refractivity contribution in [2.75, 3.05) is 13.1 Å². The fourth-order valence-corrected chi connectivity index (χ4v) is 12.6. The molecule has 0 radical (unpaired) electrons. The number of amides is 7. The average molecular weight is 1130 g/mol. The van der Waals surface area contributed by atoms with Crippen molar-refractivity contribution in [3.05, 3.63) is 117 Å². The minimum Gasteiger partial charge on any atom is -0.370 e. The van der Waals surface area contributed by atoms with E-state index in [2.05, 4.69) is 46.7 Å². The van der Waals surface area contributed by atoms with Gasteiger partial charge in [0.25, 0.3) is 11.4 Å². The lowest BCUT2D eigenvalue weighted by atomic mass is 9.79. The number of imidazole rings is 1. The number of aryl methyl sites for hydroxylation is 2. The third-order valence-corrected chi connectivity index (χ3v) is 17.5. The number of aromatic nitrogens is 3. The zero-order valence-electron chi connectivity index (χ0n) is 45.8. The number of H-pyrrole nitrogens is 1. The summed E-state index contributed by atoms with van der Waals surface area (Å²) in [6.45, 7) is 8.15. The molecule has 0 bridgehead atoms. The predicted octanol–water partition coefficient (Wildman–Crippen LogP) is 4.42. The summed E-state index contributed by atoms with van der Waals surface area (Å²) in [7, 11) is -3.41. The van der Waals surface area contributed by atoms with E-state index in [1.54, 1.807) is 21.1 Å². The third-order valence-electron chi connectivity index (χ3n) is 16.7. The van der Waals surface area contributed by atoms with Gasteiger partial charge in [0.1, 0.15) is 29.9 Å². The zero-order chi connectivity index (χ0) is 58.0. The van der Waals surface area contributed by atoms with Crippen LogP contribution in [0.3, 0.4) is 0 Å². The highest BCUT2D eigenvalue weighted by atomic mass is 31.2. The molecular formula is C58H71N10O12P. The van der Waals surface area contributed by atoms with Gasteiger partial charge in [-0.15, -0.1) is 0 Å². The third kappa shape index (κ3) is 12.9. The molecule has 5 heterocycles. The molecule has 1 saturated carbocycles. The molecule has 430 valence electrons. The highest BCUT2D eigenvalue weighted by Crippen LogP contribution is 2.40. The van der Waals surface area contributed by atoms with E-state index in [0.717, 1.165) is 47.9 Å². The molecule has 2 aromatic heterocycles. The predicted molar refractivity (Wildman–Crippen MR) is 300 cm³/mol. The van der Waals surface area contributed by atoms with Crippen molar-refractivity contribution in [1.29, 1.82) is 0 Å². The van der Waals surface area contributed by atoms with E-state index in [1.165, 1.54) is 29.2 Å². The summed E-state index contributed by atoms with van der Waals surface area (Å²) in [4.78, 5) is 148. The lowest BCUT2D eigenvalue weighted by Gasteiger charge is -2.40. The van der Waals surface area contributed by atoms with E-state index in [1.807, 2.05) is 42.5 Å². The summed E-state index contributed by atoms with van der Waals surface area (Å²) in [6, 6.07) is 14.1. The van der Waals surface area contributed by atoms with Crippen molar-refractivity contribution in [2.24, 2.45) is 24.6 Å². The topological polar surface area (TPSA) is 317 Å². The number of rotatable bonds is 18. The van der Waals surface area contributed by atoms with Gasteiger partial charge in [-0.1, -0.05) is 50.8 Å². The molecule has 0 spiro atoms. The van der Waals surface area contributed by atoms with Crippen LogP contribution in [0.25, 0.3) is 21.9 Å². The van der Waals surface area contributed by atoms with Crippen molar-refractivity contribution < 1.29 is 52.7 Å². The zero-order valence-corrected chi connectivity index (χ0v) is 46.7. The largest absolute Gasteiger partial charge is 0.396 e. The molecule has 9 rings (SSSR count). The number of carbonyl (C=O) groups is 8. The number of nitrogens with two attached hydrogens (primary N) is 1. The smallest absolute Gasteiger partial charge is 0.370 e. The molecule has 22 nitrogen and oxygen atoms in total. The number of aromatic amines is 1. The van der Waals surface area contributed by atoms with Gasteiger partial charge >= 0.3 is 13.3 Å². The van der Waals surface area contributed by atoms with Gasteiger partial charge in [0.05, 0.1) is 11.0 Å². The monoisotopic (exact) mass is 1130 g/mol. The number of fused-ring (bicyclic) bond motifs is 3. The normalized spacial score (nSPS) is 22.0. The number of allylic oxidation sites excluding steroid dienone is 1. The summed E-state index contributed by atoms with van der Waals surface area (Å²) in [6.07, 6.45) is 6.04. The first-order valence-corrected chi connectivity index (χ1v) is 29.4. The SMILES string of the molecule is C=C1CCC(n2c(=O)n(C)c3cc(CCC4CCC(C(=O)N5CC[C@H]6CC[C@@H](C(=O)N[C@@H](CCC(N)=O)C(=O)NCc7ccc(C(C)C)cc7)N6C(=O)[C@@H](NC(=O)c6cc7cc(C(=O)P(=O)(O)O)ccc7[nH]6)C5)CC4)ccc32)C(=O)N1. The van der Waals surface area contributed by atoms with Crippen molar-refractivity contribution in [3.63, 3.8) is 0 Å². The van der Waals surface area contributed by atoms with Crippen LogP contribution < -0.4 is 32.7 Å². The van der Waals surface area contributed by atoms with Crippen LogP contribution in [0.4, 0.5) is 0 Å². The van der Waals surface area contributed by atoms with Crippen LogP contribution in [0.2, 0.25) is 0 Å². The average Bonchev–Trinajstić information content (AvgIpc) is 4.36. The Bertz CT molecular complexity index is 3420. The van der Waals surface area contributed by atoms with Crippen molar-refractivity contribution >= 4 is 76.4 Å². The van der Waals surface area contributed by atoms with E-state index in [4.69, 9.17) is 5.73 Å². The minimum atomic E-state index is -5.12. The van der Waals surface area contributed by atoms with Crippen LogP contribution in [-0.2, 0) is 53.3 Å². The maximum absolute atomic E-state index is 15.1. The molecule has 4 aliphatic rings. The minimum absolute atomic E-state index is 0.0500. The Morgan fingerprint density at radius 3 is 2.28 bits per heavy atom. The fraction of sp³-hybridized carbons (Fsp3) is 0.466. The number of hydrogen-bond donors (Lipinski definition) is 8. The molecule has 4 fully saturated rings. The highest BCUT2D eigenvalue weighted by molar-refractivity contribution is 7.70. The number of primary amides is 1. The summed E-state index contributed by atoms with van der Waals surface area (Å²) < 4.78 is 14.9. The first-order valence-electron chi connectivity index (χ1n) is 27.8. The first kappa shape index (κ1) is 58.0. The van der Waals surface area contributed by atoms with E-state index in [-0.39, 0.29) is 79.0 Å². The quantitative estimate of drug-likeness (QED) is 0.0566. The van der Waals surface area contributed by atoms with E-state index >= 15 is 4.79 Å². The van der Waals surface area contributed by atoms with Crippen molar-refractivity contribution in [3.8, 4) is 0 Å². The number of benzene rings is 3. The summed E-state index contributed by atoms with van der Waals surface area (Å²) in [5.74, 6) is -3.37. The van der Waals surface area contributed by atoms with Crippen molar-refractivity contribution in [2.45, 2.75) is 140 Å². The Hall–Kier alpha value is -7.68. The molecule has 3 aromatic carbocycles. The van der Waals surface area contributed by atoms with Gasteiger partial charge < -0.3 is 51.6 Å². The van der Waals surface area contributed by atoms with Gasteiger partial charge in [-0.25, -0.2) is 4.79 Å². The molecule has 5 atom stereocenters. The summed E-state index contributed by atoms with van der Waals surface area (Å²) in [5.41, 5.74) is 8.94. The van der Waals surface area contributed by atoms with Gasteiger partial charge in [0.15, 0.2) is 0 Å². The Labute approximate surface area is 467 Å². The van der Waals surface area contributed by atoms with E-state index < -0.39 is 72.9 Å². The molecule has 3 saturated heterocycles. The molecule has 1 unspecified atom stereocenters. The van der Waals surface area contributed by atoms with Crippen molar-refractivity contribution in [1.82, 2.24) is 45.2 Å². The maximum Gasteiger partial charge on any atom is 0.396 e. The van der Waals surface area contributed by atoms with E-state index in [0.29, 0.717) is 67.1 Å². The van der Waals surface area contributed by atoms with Gasteiger partial charge in [-0.2, -0.15) is 0 Å². The number of carbonyl (C=O) groups excluding carboxylic acids is 8. The number of nitrogens with one attached hydrogen (secondary N) is 5. The molecule has 1 aliphatic carbocycles. The Morgan fingerprint density at radius 1 is 0.864 bits per heavy atom. The molecule has 81 heavy (non-hydrogen) atoms. The van der Waals surface area contributed by atoms with Crippen LogP contribution in [0, 0.1) is 11.8 Å². The number of piperidine rings is 1. The summed E-state index contributed by atoms with van der Waals surface area (Å²) in [5, 5.41) is 11.5. The van der Waals surface area contributed by atoms with Crippen LogP contribution in [0.5, 0.6) is 0 Å². The second-order valence-corrected chi connectivity index (χ2v) is 24.0. The standard InChI is InChI=1S/C58H71N10O12P/c1-32(2)37-13-10-36(11-14-37)30-60-51(70)43(20-24-50(59)69)63-54(73)47-23-18-41-25-26-66(31-45(56(75)67(41)47)64-52(71)44-29-40-28-39(17-19-42(40)62-44)57(76)81(78,79)80)55(74)38-15-8-34(9-16-38)6-7-35-12-22-46-49(27-35)65(4)58(77)68(46)48-21-5-33(3)61-53(48)72/h10-14,17,19,22,27-29,32,34,38,41,43,45,47-48,62H,3,5-9,15-16,18,20-21,23-26,30-31H2,1-2,4H3,(H2,59,69)(H,60,70)(H,61,72)(H,63,73)(H,64,71)(H2,78,79,80)/t34?,38?,41-,43+,45+,47+,48?/m1/s1. The molecule has 7 amide bonds. The molecule has 3 aliphatic heterocycles. The Kier molecular flexibility index (Phi) is 17.3. The lowest BCUT2D eigenvalue weighted by molar-refractivity contribution is -0.147. The fourth-order valence-electron chi connectivity index (χ4n) is 12.1.